The fraction of sp³-hybridized carbons (Fsp3) is 0.188. The lowest BCUT2D eigenvalue weighted by molar-refractivity contribution is -0.121. The van der Waals surface area contributed by atoms with Gasteiger partial charge in [-0.05, 0) is 24.6 Å². The molecular formula is C16H11ClF5NO. The van der Waals surface area contributed by atoms with Gasteiger partial charge < -0.3 is 5.32 Å². The summed E-state index contributed by atoms with van der Waals surface area (Å²) in [5.41, 5.74) is -0.560. The molecule has 8 heteroatoms. The van der Waals surface area contributed by atoms with Crippen molar-refractivity contribution in [1.82, 2.24) is 5.32 Å². The zero-order valence-electron chi connectivity index (χ0n) is 12.3. The topological polar surface area (TPSA) is 29.1 Å². The average Bonchev–Trinajstić information content (AvgIpc) is 2.55. The third-order valence-electron chi connectivity index (χ3n) is 3.36. The Morgan fingerprint density at radius 1 is 1.04 bits per heavy atom. The molecule has 0 heterocycles. The lowest BCUT2D eigenvalue weighted by Gasteiger charge is -2.15. The summed E-state index contributed by atoms with van der Waals surface area (Å²) in [6.45, 7) is 1.59. The molecule has 0 aliphatic heterocycles. The quantitative estimate of drug-likeness (QED) is 0.485. The minimum absolute atomic E-state index is 0.424. The van der Waals surface area contributed by atoms with Gasteiger partial charge in [-0.2, -0.15) is 0 Å². The van der Waals surface area contributed by atoms with Crippen LogP contribution in [0.2, 0.25) is 5.02 Å². The Balaban J connectivity index is 2.19. The summed E-state index contributed by atoms with van der Waals surface area (Å²) in [4.78, 5) is 11.9. The maximum atomic E-state index is 13.6. The molecule has 1 N–H and O–H groups in total. The number of carbonyl (C=O) groups is 1. The van der Waals surface area contributed by atoms with Crippen LogP contribution in [0.15, 0.2) is 24.3 Å². The molecule has 2 rings (SSSR count). The van der Waals surface area contributed by atoms with Gasteiger partial charge in [0, 0.05) is 10.6 Å². The second kappa shape index (κ2) is 7.17. The summed E-state index contributed by atoms with van der Waals surface area (Å²) in [5, 5.41) is 2.83. The van der Waals surface area contributed by atoms with E-state index in [-0.39, 0.29) is 0 Å². The van der Waals surface area contributed by atoms with Crippen LogP contribution in [0, 0.1) is 29.1 Å². The van der Waals surface area contributed by atoms with Crippen LogP contribution in [-0.4, -0.2) is 5.91 Å². The molecule has 24 heavy (non-hydrogen) atoms. The first-order valence-electron chi connectivity index (χ1n) is 6.77. The Bertz CT molecular complexity index is 767. The summed E-state index contributed by atoms with van der Waals surface area (Å²) in [6.07, 6.45) is -0.989. The van der Waals surface area contributed by atoms with Crippen molar-refractivity contribution in [2.45, 2.75) is 19.4 Å². The highest BCUT2D eigenvalue weighted by molar-refractivity contribution is 6.30. The van der Waals surface area contributed by atoms with Gasteiger partial charge in [0.05, 0.1) is 12.5 Å². The molecule has 0 spiro atoms. The molecule has 0 aliphatic carbocycles. The van der Waals surface area contributed by atoms with Crippen molar-refractivity contribution in [3.63, 3.8) is 0 Å². The van der Waals surface area contributed by atoms with Crippen LogP contribution in [0.3, 0.4) is 0 Å². The number of hydrogen-bond donors (Lipinski definition) is 1. The van der Waals surface area contributed by atoms with Gasteiger partial charge in [0.2, 0.25) is 11.7 Å². The van der Waals surface area contributed by atoms with Gasteiger partial charge in [-0.25, -0.2) is 22.0 Å². The van der Waals surface area contributed by atoms with Crippen LogP contribution >= 0.6 is 11.6 Å². The second-order valence-corrected chi connectivity index (χ2v) is 5.51. The van der Waals surface area contributed by atoms with E-state index in [0.717, 1.165) is 0 Å². The molecule has 2 aromatic rings. The van der Waals surface area contributed by atoms with Crippen LogP contribution in [0.5, 0.6) is 0 Å². The van der Waals surface area contributed by atoms with Crippen LogP contribution in [0.1, 0.15) is 24.1 Å². The number of hydrogen-bond acceptors (Lipinski definition) is 1. The summed E-state index contributed by atoms with van der Waals surface area (Å²) in [5.74, 6) is -11.4. The highest BCUT2D eigenvalue weighted by Crippen LogP contribution is 2.24. The van der Waals surface area contributed by atoms with Crippen LogP contribution < -0.4 is 5.32 Å². The van der Waals surface area contributed by atoms with E-state index >= 15 is 0 Å². The Kier molecular flexibility index (Phi) is 5.43. The number of amides is 1. The van der Waals surface area contributed by atoms with Gasteiger partial charge in [-0.3, -0.25) is 4.79 Å². The third-order valence-corrected chi connectivity index (χ3v) is 3.60. The zero-order valence-corrected chi connectivity index (χ0v) is 13.0. The van der Waals surface area contributed by atoms with Crippen molar-refractivity contribution < 1.29 is 26.7 Å². The van der Waals surface area contributed by atoms with E-state index in [0.29, 0.717) is 10.6 Å². The number of halogens is 6. The van der Waals surface area contributed by atoms with Crippen LogP contribution in [0.25, 0.3) is 0 Å². The Hall–Kier alpha value is -2.15. The van der Waals surface area contributed by atoms with Crippen molar-refractivity contribution in [1.29, 1.82) is 0 Å². The molecule has 0 aliphatic rings. The Labute approximate surface area is 139 Å². The smallest absolute Gasteiger partial charge is 0.225 e. The van der Waals surface area contributed by atoms with Gasteiger partial charge in [0.25, 0.3) is 0 Å². The monoisotopic (exact) mass is 363 g/mol. The van der Waals surface area contributed by atoms with Crippen molar-refractivity contribution in [2.75, 3.05) is 0 Å². The first-order chi connectivity index (χ1) is 11.2. The molecule has 0 saturated heterocycles. The van der Waals surface area contributed by atoms with Crippen molar-refractivity contribution in [3.8, 4) is 0 Å². The second-order valence-electron chi connectivity index (χ2n) is 5.07. The summed E-state index contributed by atoms with van der Waals surface area (Å²) < 4.78 is 66.3. The maximum Gasteiger partial charge on any atom is 0.225 e. The van der Waals surface area contributed by atoms with E-state index in [2.05, 4.69) is 5.32 Å². The van der Waals surface area contributed by atoms with E-state index in [1.807, 2.05) is 0 Å². The molecular weight excluding hydrogens is 353 g/mol. The number of carbonyl (C=O) groups excluding carboxylic acids is 1. The van der Waals surface area contributed by atoms with Crippen LogP contribution in [0.4, 0.5) is 22.0 Å². The third kappa shape index (κ3) is 3.67. The molecule has 1 amide bonds. The maximum absolute atomic E-state index is 13.6. The molecule has 0 aromatic heterocycles. The molecule has 1 atom stereocenters. The molecule has 128 valence electrons. The normalized spacial score (nSPS) is 12.1. The number of nitrogens with one attached hydrogen (secondary N) is 1. The zero-order chi connectivity index (χ0) is 18.0. The van der Waals surface area contributed by atoms with E-state index in [4.69, 9.17) is 11.6 Å². The van der Waals surface area contributed by atoms with E-state index in [1.165, 1.54) is 0 Å². The largest absolute Gasteiger partial charge is 0.349 e. The minimum Gasteiger partial charge on any atom is -0.349 e. The molecule has 2 nitrogen and oxygen atoms in total. The lowest BCUT2D eigenvalue weighted by Crippen LogP contribution is -2.29. The van der Waals surface area contributed by atoms with Crippen molar-refractivity contribution >= 4 is 17.5 Å². The predicted molar refractivity (Wildman–Crippen MR) is 77.9 cm³/mol. The predicted octanol–water partition coefficient (Wildman–Crippen LogP) is 4.46. The SMILES string of the molecule is CC(NC(=O)Cc1c(F)c(F)c(F)c(F)c1F)c1cccc(Cl)c1. The van der Waals surface area contributed by atoms with E-state index < -0.39 is 53.0 Å². The fourth-order valence-electron chi connectivity index (χ4n) is 2.12. The minimum atomic E-state index is -2.26. The molecule has 0 bridgehead atoms. The average molecular weight is 364 g/mol. The first-order valence-corrected chi connectivity index (χ1v) is 7.15. The van der Waals surface area contributed by atoms with E-state index in [1.54, 1.807) is 31.2 Å². The van der Waals surface area contributed by atoms with Gasteiger partial charge in [-0.15, -0.1) is 0 Å². The Morgan fingerprint density at radius 3 is 2.12 bits per heavy atom. The summed E-state index contributed by atoms with van der Waals surface area (Å²) in [6, 6.07) is 5.93. The fourth-order valence-corrected chi connectivity index (χ4v) is 2.32. The standard InChI is InChI=1S/C16H11ClF5NO/c1-7(8-3-2-4-9(17)5-8)23-11(24)6-10-12(18)14(20)16(22)15(21)13(10)19/h2-5,7H,6H2,1H3,(H,23,24). The van der Waals surface area contributed by atoms with Gasteiger partial charge in [0.1, 0.15) is 0 Å². The molecule has 1 unspecified atom stereocenters. The number of benzene rings is 2. The molecule has 0 saturated carbocycles. The highest BCUT2D eigenvalue weighted by atomic mass is 35.5. The van der Waals surface area contributed by atoms with Crippen molar-refractivity contribution in [3.05, 3.63) is 69.5 Å². The molecule has 2 aromatic carbocycles. The van der Waals surface area contributed by atoms with Crippen molar-refractivity contribution in [2.24, 2.45) is 0 Å². The van der Waals surface area contributed by atoms with Gasteiger partial charge in [-0.1, -0.05) is 23.7 Å². The Morgan fingerprint density at radius 2 is 1.58 bits per heavy atom. The first kappa shape index (κ1) is 18.2. The van der Waals surface area contributed by atoms with Gasteiger partial charge >= 0.3 is 0 Å². The van der Waals surface area contributed by atoms with Gasteiger partial charge in [0.15, 0.2) is 23.3 Å². The van der Waals surface area contributed by atoms with E-state index in [9.17, 15) is 26.7 Å². The highest BCUT2D eigenvalue weighted by Gasteiger charge is 2.27. The molecule has 0 fully saturated rings. The van der Waals surface area contributed by atoms with Crippen LogP contribution in [-0.2, 0) is 11.2 Å². The molecule has 0 radical (unpaired) electrons. The lowest BCUT2D eigenvalue weighted by atomic mass is 10.1. The summed E-state index contributed by atoms with van der Waals surface area (Å²) in [7, 11) is 0. The number of rotatable bonds is 4. The summed E-state index contributed by atoms with van der Waals surface area (Å²) >= 11 is 5.82.